The summed E-state index contributed by atoms with van der Waals surface area (Å²) in [7, 11) is 1.66. The minimum atomic E-state index is -0.356. The van der Waals surface area contributed by atoms with Crippen molar-refractivity contribution in [2.45, 2.75) is 13.0 Å². The SMILES string of the molecule is CN=C(NCCN1C(=O)CNC1=O)NC(C)c1cc2ccccc2o1.I. The molecule has 26 heavy (non-hydrogen) atoms. The van der Waals surface area contributed by atoms with Crippen molar-refractivity contribution in [3.63, 3.8) is 0 Å². The van der Waals surface area contributed by atoms with Crippen molar-refractivity contribution < 1.29 is 14.0 Å². The van der Waals surface area contributed by atoms with Gasteiger partial charge in [-0.25, -0.2) is 4.79 Å². The highest BCUT2D eigenvalue weighted by Gasteiger charge is 2.27. The van der Waals surface area contributed by atoms with Crippen molar-refractivity contribution in [2.75, 3.05) is 26.7 Å². The maximum Gasteiger partial charge on any atom is 0.324 e. The minimum absolute atomic E-state index is 0. The Kier molecular flexibility index (Phi) is 6.83. The van der Waals surface area contributed by atoms with Gasteiger partial charge in [0.2, 0.25) is 5.91 Å². The molecule has 140 valence electrons. The number of carbonyl (C=O) groups is 2. The molecule has 9 heteroatoms. The van der Waals surface area contributed by atoms with E-state index in [1.165, 1.54) is 4.90 Å². The maximum absolute atomic E-state index is 11.5. The van der Waals surface area contributed by atoms with Crippen LogP contribution < -0.4 is 16.0 Å². The van der Waals surface area contributed by atoms with Crippen LogP contribution in [0.5, 0.6) is 0 Å². The van der Waals surface area contributed by atoms with Gasteiger partial charge >= 0.3 is 6.03 Å². The Bertz CT molecular complexity index is 771. The van der Waals surface area contributed by atoms with E-state index >= 15 is 0 Å². The summed E-state index contributed by atoms with van der Waals surface area (Å²) < 4.78 is 5.84. The van der Waals surface area contributed by atoms with Crippen LogP contribution >= 0.6 is 24.0 Å². The molecule has 0 spiro atoms. The van der Waals surface area contributed by atoms with Crippen LogP contribution in [0, 0.1) is 0 Å². The van der Waals surface area contributed by atoms with Crippen LogP contribution in [0.15, 0.2) is 39.7 Å². The molecule has 0 saturated carbocycles. The summed E-state index contributed by atoms with van der Waals surface area (Å²) in [5, 5.41) is 9.87. The fraction of sp³-hybridized carbons (Fsp3) is 0.353. The molecule has 0 bridgehead atoms. The number of hydrogen-bond acceptors (Lipinski definition) is 4. The zero-order chi connectivity index (χ0) is 17.8. The third-order valence-electron chi connectivity index (χ3n) is 4.01. The van der Waals surface area contributed by atoms with Crippen molar-refractivity contribution >= 4 is 52.8 Å². The number of carbonyl (C=O) groups excluding carboxylic acids is 2. The van der Waals surface area contributed by atoms with Crippen molar-refractivity contribution in [3.05, 3.63) is 36.1 Å². The van der Waals surface area contributed by atoms with Gasteiger partial charge < -0.3 is 20.4 Å². The normalized spacial score (nSPS) is 15.6. The number of rotatable bonds is 5. The molecule has 1 aliphatic rings. The number of furan rings is 1. The molecule has 1 fully saturated rings. The largest absolute Gasteiger partial charge is 0.459 e. The molecule has 1 aromatic heterocycles. The highest BCUT2D eigenvalue weighted by Crippen LogP contribution is 2.23. The van der Waals surface area contributed by atoms with Crippen LogP contribution in [0.25, 0.3) is 11.0 Å². The van der Waals surface area contributed by atoms with E-state index in [4.69, 9.17) is 4.42 Å². The number of fused-ring (bicyclic) bond motifs is 1. The van der Waals surface area contributed by atoms with E-state index in [2.05, 4.69) is 20.9 Å². The van der Waals surface area contributed by atoms with E-state index < -0.39 is 0 Å². The number of hydrogen-bond donors (Lipinski definition) is 3. The Morgan fingerprint density at radius 2 is 2.15 bits per heavy atom. The van der Waals surface area contributed by atoms with E-state index in [9.17, 15) is 9.59 Å². The van der Waals surface area contributed by atoms with E-state index in [0.29, 0.717) is 12.5 Å². The molecule has 1 atom stereocenters. The number of benzene rings is 1. The molecule has 2 aromatic rings. The Morgan fingerprint density at radius 3 is 2.81 bits per heavy atom. The Morgan fingerprint density at radius 1 is 1.38 bits per heavy atom. The highest BCUT2D eigenvalue weighted by atomic mass is 127. The highest BCUT2D eigenvalue weighted by molar-refractivity contribution is 14.0. The topological polar surface area (TPSA) is 99.0 Å². The molecule has 3 rings (SSSR count). The second kappa shape index (κ2) is 8.88. The molecule has 3 N–H and O–H groups in total. The lowest BCUT2D eigenvalue weighted by Gasteiger charge is -2.18. The number of halogens is 1. The first-order valence-electron chi connectivity index (χ1n) is 8.12. The second-order valence-corrected chi connectivity index (χ2v) is 5.76. The summed E-state index contributed by atoms with van der Waals surface area (Å²) in [6.45, 7) is 2.73. The van der Waals surface area contributed by atoms with Crippen LogP contribution in [-0.4, -0.2) is 49.5 Å². The molecular weight excluding hydrogens is 449 g/mol. The lowest BCUT2D eigenvalue weighted by molar-refractivity contribution is -0.124. The van der Waals surface area contributed by atoms with Crippen molar-refractivity contribution in [1.29, 1.82) is 0 Å². The molecule has 8 nitrogen and oxygen atoms in total. The molecule has 0 radical (unpaired) electrons. The van der Waals surface area contributed by atoms with Crippen LogP contribution in [0.1, 0.15) is 18.7 Å². The third kappa shape index (κ3) is 4.45. The monoisotopic (exact) mass is 471 g/mol. The molecule has 1 aliphatic heterocycles. The molecule has 1 saturated heterocycles. The lowest BCUT2D eigenvalue weighted by Crippen LogP contribution is -2.43. The number of nitrogens with zero attached hydrogens (tertiary/aromatic N) is 2. The molecule has 1 unspecified atom stereocenters. The fourth-order valence-electron chi connectivity index (χ4n) is 2.65. The second-order valence-electron chi connectivity index (χ2n) is 5.76. The third-order valence-corrected chi connectivity index (χ3v) is 4.01. The Balaban J connectivity index is 0.00000243. The average Bonchev–Trinajstić information content (AvgIpc) is 3.18. The van der Waals surface area contributed by atoms with Gasteiger partial charge in [-0.2, -0.15) is 0 Å². The average molecular weight is 471 g/mol. The smallest absolute Gasteiger partial charge is 0.324 e. The van der Waals surface area contributed by atoms with E-state index in [1.807, 2.05) is 37.3 Å². The van der Waals surface area contributed by atoms with Gasteiger partial charge in [-0.3, -0.25) is 14.7 Å². The summed E-state index contributed by atoms with van der Waals surface area (Å²) in [5.74, 6) is 1.16. The number of nitrogens with one attached hydrogen (secondary N) is 3. The van der Waals surface area contributed by atoms with Gasteiger partial charge in [0.05, 0.1) is 12.6 Å². The Hall–Kier alpha value is -2.30. The summed E-state index contributed by atoms with van der Waals surface area (Å²) in [6.07, 6.45) is 0. The standard InChI is InChI=1S/C17H21N5O3.HI/c1-11(14-9-12-5-3-4-6-13(12)25-14)21-16(18-2)19-7-8-22-15(23)10-20-17(22)24;/h3-6,9,11H,7-8,10H2,1-2H3,(H,20,24)(H2,18,19,21);1H. The number of amides is 3. The summed E-state index contributed by atoms with van der Waals surface area (Å²) in [6, 6.07) is 9.38. The minimum Gasteiger partial charge on any atom is -0.459 e. The predicted molar refractivity (Wildman–Crippen MR) is 110 cm³/mol. The zero-order valence-electron chi connectivity index (χ0n) is 14.6. The lowest BCUT2D eigenvalue weighted by atomic mass is 10.2. The van der Waals surface area contributed by atoms with Gasteiger partial charge in [-0.15, -0.1) is 24.0 Å². The molecular formula is C17H22IN5O3. The van der Waals surface area contributed by atoms with E-state index in [1.54, 1.807) is 7.05 Å². The molecule has 0 aliphatic carbocycles. The van der Waals surface area contributed by atoms with Gasteiger partial charge in [0, 0.05) is 25.5 Å². The number of urea groups is 1. The van der Waals surface area contributed by atoms with Crippen molar-refractivity contribution in [3.8, 4) is 0 Å². The molecule has 2 heterocycles. The first-order valence-corrected chi connectivity index (χ1v) is 8.12. The van der Waals surface area contributed by atoms with Crippen LogP contribution in [0.3, 0.4) is 0 Å². The van der Waals surface area contributed by atoms with Gasteiger partial charge in [0.1, 0.15) is 11.3 Å². The number of guanidine groups is 1. The van der Waals surface area contributed by atoms with E-state index in [-0.39, 0.29) is 55.0 Å². The van der Waals surface area contributed by atoms with Crippen molar-refractivity contribution in [1.82, 2.24) is 20.9 Å². The fourth-order valence-corrected chi connectivity index (χ4v) is 2.65. The first-order chi connectivity index (χ1) is 12.1. The Labute approximate surface area is 168 Å². The van der Waals surface area contributed by atoms with Gasteiger partial charge in [-0.05, 0) is 19.1 Å². The van der Waals surface area contributed by atoms with Crippen LogP contribution in [-0.2, 0) is 4.79 Å². The summed E-state index contributed by atoms with van der Waals surface area (Å²) in [4.78, 5) is 28.4. The maximum atomic E-state index is 11.5. The quantitative estimate of drug-likeness (QED) is 0.268. The predicted octanol–water partition coefficient (Wildman–Crippen LogP) is 1.83. The van der Waals surface area contributed by atoms with Gasteiger partial charge in [-0.1, -0.05) is 18.2 Å². The van der Waals surface area contributed by atoms with Crippen LogP contribution in [0.2, 0.25) is 0 Å². The summed E-state index contributed by atoms with van der Waals surface area (Å²) >= 11 is 0. The van der Waals surface area contributed by atoms with Crippen molar-refractivity contribution in [2.24, 2.45) is 4.99 Å². The van der Waals surface area contributed by atoms with E-state index in [0.717, 1.165) is 16.7 Å². The zero-order valence-corrected chi connectivity index (χ0v) is 16.9. The number of imide groups is 1. The molecule has 3 amide bonds. The molecule has 1 aromatic carbocycles. The van der Waals surface area contributed by atoms with Gasteiger partial charge in [0.15, 0.2) is 5.96 Å². The number of aliphatic imine (C=N–C) groups is 1. The van der Waals surface area contributed by atoms with Gasteiger partial charge in [0.25, 0.3) is 0 Å². The number of para-hydroxylation sites is 1. The summed E-state index contributed by atoms with van der Waals surface area (Å²) in [5.41, 5.74) is 0.840. The first kappa shape index (κ1) is 20.0. The van der Waals surface area contributed by atoms with Crippen LogP contribution in [0.4, 0.5) is 4.79 Å².